The molecule has 3 aromatic rings. The van der Waals surface area contributed by atoms with Crippen LogP contribution in [0.5, 0.6) is 0 Å². The Balaban J connectivity index is 1.57. The summed E-state index contributed by atoms with van der Waals surface area (Å²) in [6, 6.07) is 8.28. The summed E-state index contributed by atoms with van der Waals surface area (Å²) >= 11 is 3.25. The number of fused-ring (bicyclic) bond motifs is 1. The van der Waals surface area contributed by atoms with Gasteiger partial charge in [-0.1, -0.05) is 15.9 Å². The molecule has 1 aliphatic heterocycles. The Bertz CT molecular complexity index is 1160. The van der Waals surface area contributed by atoms with Gasteiger partial charge < -0.3 is 9.88 Å². The summed E-state index contributed by atoms with van der Waals surface area (Å²) in [7, 11) is -3.69. The Morgan fingerprint density at radius 3 is 2.64 bits per heavy atom. The lowest BCUT2D eigenvalue weighted by atomic mass is 10.2. The van der Waals surface area contributed by atoms with E-state index in [4.69, 9.17) is 0 Å². The quantitative estimate of drug-likeness (QED) is 0.468. The molecule has 9 nitrogen and oxygen atoms in total. The minimum atomic E-state index is -3.69. The molecule has 0 aliphatic carbocycles. The maximum absolute atomic E-state index is 13.1. The van der Waals surface area contributed by atoms with Gasteiger partial charge in [-0.2, -0.15) is 4.31 Å². The fourth-order valence-corrected chi connectivity index (χ4v) is 5.28. The molecule has 0 unspecified atom stereocenters. The number of anilines is 1. The maximum atomic E-state index is 13.1. The average molecular weight is 466 g/mol. The second-order valence-electron chi connectivity index (χ2n) is 6.33. The molecule has 0 saturated carbocycles. The number of rotatable bonds is 4. The van der Waals surface area contributed by atoms with Crippen LogP contribution in [-0.2, 0) is 10.0 Å². The van der Waals surface area contributed by atoms with E-state index in [0.717, 1.165) is 0 Å². The van der Waals surface area contributed by atoms with Gasteiger partial charge in [-0.3, -0.25) is 10.1 Å². The van der Waals surface area contributed by atoms with Crippen molar-refractivity contribution in [1.29, 1.82) is 0 Å². The number of aromatic nitrogens is 2. The van der Waals surface area contributed by atoms with Gasteiger partial charge in [0.25, 0.3) is 5.69 Å². The van der Waals surface area contributed by atoms with Gasteiger partial charge in [0.05, 0.1) is 4.92 Å². The minimum absolute atomic E-state index is 0.00612. The molecule has 1 fully saturated rings. The fourth-order valence-electron chi connectivity index (χ4n) is 3.36. The number of piperazine rings is 1. The molecule has 1 aliphatic rings. The van der Waals surface area contributed by atoms with Crippen molar-refractivity contribution in [2.24, 2.45) is 0 Å². The smallest absolute Gasteiger partial charge is 0.293 e. The SMILES string of the molecule is O=[N+]([O-])c1cc(Br)ccc1N1CCN(S(=O)(=O)c2c[nH]c3ncccc23)CC1. The Kier molecular flexibility index (Phi) is 4.81. The third-order valence-electron chi connectivity index (χ3n) is 4.74. The number of hydrogen-bond acceptors (Lipinski definition) is 6. The van der Waals surface area contributed by atoms with Crippen molar-refractivity contribution in [2.45, 2.75) is 4.90 Å². The second kappa shape index (κ2) is 7.15. The maximum Gasteiger partial charge on any atom is 0.293 e. The highest BCUT2D eigenvalue weighted by Crippen LogP contribution is 2.33. The molecule has 11 heteroatoms. The Morgan fingerprint density at radius 2 is 1.93 bits per heavy atom. The molecule has 146 valence electrons. The first-order valence-corrected chi connectivity index (χ1v) is 10.7. The molecule has 0 radical (unpaired) electrons. The van der Waals surface area contributed by atoms with Crippen LogP contribution in [0.15, 0.2) is 52.1 Å². The third kappa shape index (κ3) is 3.25. The standard InChI is InChI=1S/C17H16BrN5O4S/c18-12-3-4-14(15(10-12)23(24)25)21-6-8-22(9-7-21)28(26,27)16-11-20-17-13(16)2-1-5-19-17/h1-5,10-11H,6-9H2,(H,19,20). The van der Waals surface area contributed by atoms with Crippen molar-refractivity contribution in [2.75, 3.05) is 31.1 Å². The van der Waals surface area contributed by atoms with Crippen LogP contribution in [0.4, 0.5) is 11.4 Å². The summed E-state index contributed by atoms with van der Waals surface area (Å²) in [5.74, 6) is 0. The molecule has 1 aromatic carbocycles. The number of hydrogen-bond donors (Lipinski definition) is 1. The van der Waals surface area contributed by atoms with Crippen LogP contribution >= 0.6 is 15.9 Å². The number of benzene rings is 1. The molecule has 0 spiro atoms. The molecule has 4 rings (SSSR count). The summed E-state index contributed by atoms with van der Waals surface area (Å²) in [4.78, 5) is 20.0. The second-order valence-corrected chi connectivity index (χ2v) is 9.16. The van der Waals surface area contributed by atoms with Crippen molar-refractivity contribution in [3.05, 3.63) is 57.3 Å². The van der Waals surface area contributed by atoms with Crippen LogP contribution in [0.25, 0.3) is 11.0 Å². The predicted octanol–water partition coefficient (Wildman–Crippen LogP) is 2.74. The lowest BCUT2D eigenvalue weighted by Gasteiger charge is -2.35. The molecule has 1 N–H and O–H groups in total. The molecule has 0 atom stereocenters. The topological polar surface area (TPSA) is 112 Å². The molecule has 3 heterocycles. The third-order valence-corrected chi connectivity index (χ3v) is 7.18. The van der Waals surface area contributed by atoms with E-state index in [-0.39, 0.29) is 23.7 Å². The molecular formula is C17H16BrN5O4S. The number of pyridine rings is 1. The van der Waals surface area contributed by atoms with Crippen molar-refractivity contribution in [3.63, 3.8) is 0 Å². The van der Waals surface area contributed by atoms with E-state index in [1.54, 1.807) is 30.5 Å². The number of halogens is 1. The normalized spacial score (nSPS) is 15.8. The van der Waals surface area contributed by atoms with Gasteiger partial charge in [0, 0.05) is 54.5 Å². The lowest BCUT2D eigenvalue weighted by Crippen LogP contribution is -2.48. The van der Waals surface area contributed by atoms with Crippen molar-refractivity contribution in [1.82, 2.24) is 14.3 Å². The van der Waals surface area contributed by atoms with Gasteiger partial charge in [0.2, 0.25) is 10.0 Å². The number of H-pyrrole nitrogens is 1. The van der Waals surface area contributed by atoms with Crippen LogP contribution in [0.1, 0.15) is 0 Å². The van der Waals surface area contributed by atoms with E-state index in [0.29, 0.717) is 34.3 Å². The highest BCUT2D eigenvalue weighted by molar-refractivity contribution is 9.10. The zero-order valence-electron chi connectivity index (χ0n) is 14.6. The van der Waals surface area contributed by atoms with Crippen LogP contribution < -0.4 is 4.90 Å². The van der Waals surface area contributed by atoms with E-state index < -0.39 is 14.9 Å². The van der Waals surface area contributed by atoms with Crippen LogP contribution in [0.3, 0.4) is 0 Å². The zero-order chi connectivity index (χ0) is 19.9. The molecule has 2 aromatic heterocycles. The number of nitrogens with one attached hydrogen (secondary N) is 1. The van der Waals surface area contributed by atoms with Crippen molar-refractivity contribution in [3.8, 4) is 0 Å². The number of nitrogens with zero attached hydrogens (tertiary/aromatic N) is 4. The minimum Gasteiger partial charge on any atom is -0.363 e. The zero-order valence-corrected chi connectivity index (χ0v) is 17.0. The lowest BCUT2D eigenvalue weighted by molar-refractivity contribution is -0.384. The number of sulfonamides is 1. The van der Waals surface area contributed by atoms with Crippen molar-refractivity contribution >= 4 is 48.4 Å². The molecule has 0 bridgehead atoms. The van der Waals surface area contributed by atoms with Crippen molar-refractivity contribution < 1.29 is 13.3 Å². The Hall–Kier alpha value is -2.50. The monoisotopic (exact) mass is 465 g/mol. The van der Waals surface area contributed by atoms with E-state index in [9.17, 15) is 18.5 Å². The summed E-state index contributed by atoms with van der Waals surface area (Å²) in [5, 5.41) is 11.9. The first-order valence-electron chi connectivity index (χ1n) is 8.49. The summed E-state index contributed by atoms with van der Waals surface area (Å²) in [6.45, 7) is 1.20. The van der Waals surface area contributed by atoms with Gasteiger partial charge >= 0.3 is 0 Å². The molecule has 1 saturated heterocycles. The van der Waals surface area contributed by atoms with Crippen LogP contribution in [0.2, 0.25) is 0 Å². The van der Waals surface area contributed by atoms with E-state index in [1.807, 2.05) is 4.90 Å². The number of aromatic amines is 1. The summed E-state index contributed by atoms with van der Waals surface area (Å²) in [5.41, 5.74) is 1.00. The first kappa shape index (κ1) is 18.8. The Morgan fingerprint density at radius 1 is 1.18 bits per heavy atom. The average Bonchev–Trinajstić information content (AvgIpc) is 3.13. The fraction of sp³-hybridized carbons (Fsp3) is 0.235. The molecule has 28 heavy (non-hydrogen) atoms. The first-order chi connectivity index (χ1) is 13.4. The van der Waals surface area contributed by atoms with Gasteiger partial charge in [-0.15, -0.1) is 0 Å². The highest BCUT2D eigenvalue weighted by Gasteiger charge is 2.32. The van der Waals surface area contributed by atoms with E-state index >= 15 is 0 Å². The summed E-state index contributed by atoms with van der Waals surface area (Å²) < 4.78 is 28.2. The van der Waals surface area contributed by atoms with Crippen LogP contribution in [0, 0.1) is 10.1 Å². The Labute approximate surface area is 169 Å². The van der Waals surface area contributed by atoms with E-state index in [2.05, 4.69) is 25.9 Å². The van der Waals surface area contributed by atoms with Gasteiger partial charge in [-0.25, -0.2) is 13.4 Å². The van der Waals surface area contributed by atoms with Crippen LogP contribution in [-0.4, -0.2) is 53.8 Å². The molecule has 0 amide bonds. The number of nitro benzene ring substituents is 1. The predicted molar refractivity (Wildman–Crippen MR) is 108 cm³/mol. The van der Waals surface area contributed by atoms with Gasteiger partial charge in [0.1, 0.15) is 16.2 Å². The van der Waals surface area contributed by atoms with E-state index in [1.165, 1.54) is 16.6 Å². The molecular weight excluding hydrogens is 450 g/mol. The van der Waals surface area contributed by atoms with Gasteiger partial charge in [-0.05, 0) is 24.3 Å². The number of nitro groups is 1. The highest BCUT2D eigenvalue weighted by atomic mass is 79.9. The largest absolute Gasteiger partial charge is 0.363 e. The summed E-state index contributed by atoms with van der Waals surface area (Å²) in [6.07, 6.45) is 3.05. The van der Waals surface area contributed by atoms with Gasteiger partial charge in [0.15, 0.2) is 0 Å².